The Morgan fingerprint density at radius 2 is 2.25 bits per heavy atom. The smallest absolute Gasteiger partial charge is 0.152 e. The maximum absolute atomic E-state index is 10.5. The van der Waals surface area contributed by atoms with Gasteiger partial charge < -0.3 is 5.73 Å². The summed E-state index contributed by atoms with van der Waals surface area (Å²) in [6.45, 7) is 2.11. The zero-order valence-electron chi connectivity index (χ0n) is 7.21. The van der Waals surface area contributed by atoms with E-state index in [0.29, 0.717) is 11.3 Å². The molecule has 0 unspecified atom stereocenters. The van der Waals surface area contributed by atoms with Crippen molar-refractivity contribution in [2.45, 2.75) is 19.8 Å². The molecule has 64 valence electrons. The molecule has 1 aromatic carbocycles. The van der Waals surface area contributed by atoms with Crippen LogP contribution in [0.2, 0.25) is 0 Å². The normalized spacial score (nSPS) is 9.75. The quantitative estimate of drug-likeness (QED) is 0.547. The van der Waals surface area contributed by atoms with E-state index in [9.17, 15) is 4.79 Å². The Labute approximate surface area is 72.4 Å². The second-order valence-electron chi connectivity index (χ2n) is 2.83. The van der Waals surface area contributed by atoms with Gasteiger partial charge in [0.25, 0.3) is 0 Å². The topological polar surface area (TPSA) is 43.1 Å². The Hall–Kier alpha value is -1.31. The van der Waals surface area contributed by atoms with Gasteiger partial charge in [-0.25, -0.2) is 0 Å². The Kier molecular flexibility index (Phi) is 2.86. The maximum atomic E-state index is 10.5. The number of aryl methyl sites for hydroxylation is 1. The summed E-state index contributed by atoms with van der Waals surface area (Å²) >= 11 is 0. The summed E-state index contributed by atoms with van der Waals surface area (Å²) < 4.78 is 0. The molecule has 0 radical (unpaired) electrons. The first-order valence-electron chi connectivity index (χ1n) is 4.11. The van der Waals surface area contributed by atoms with E-state index in [0.717, 1.165) is 19.1 Å². The first-order valence-corrected chi connectivity index (χ1v) is 4.11. The SMILES string of the molecule is CCCc1ccc(N)c(C=O)c1. The number of anilines is 1. The van der Waals surface area contributed by atoms with Gasteiger partial charge in [0.15, 0.2) is 6.29 Å². The number of aldehydes is 1. The fraction of sp³-hybridized carbons (Fsp3) is 0.300. The highest BCUT2D eigenvalue weighted by atomic mass is 16.1. The number of hydrogen-bond acceptors (Lipinski definition) is 2. The lowest BCUT2D eigenvalue weighted by molar-refractivity contribution is 0.112. The van der Waals surface area contributed by atoms with Crippen LogP contribution in [0.4, 0.5) is 5.69 Å². The summed E-state index contributed by atoms with van der Waals surface area (Å²) in [4.78, 5) is 10.5. The molecule has 0 spiro atoms. The van der Waals surface area contributed by atoms with Gasteiger partial charge in [0.1, 0.15) is 0 Å². The Bertz CT molecular complexity index is 281. The Morgan fingerprint density at radius 3 is 2.83 bits per heavy atom. The standard InChI is InChI=1S/C10H13NO/c1-2-3-8-4-5-10(11)9(6-8)7-12/h4-7H,2-3,11H2,1H3. The molecule has 1 aromatic rings. The molecule has 0 bridgehead atoms. The number of rotatable bonds is 3. The van der Waals surface area contributed by atoms with Crippen molar-refractivity contribution in [2.75, 3.05) is 5.73 Å². The molecule has 0 saturated heterocycles. The third-order valence-corrected chi connectivity index (χ3v) is 1.82. The molecule has 0 fully saturated rings. The van der Waals surface area contributed by atoms with Gasteiger partial charge in [-0.3, -0.25) is 4.79 Å². The molecule has 0 atom stereocenters. The largest absolute Gasteiger partial charge is 0.398 e. The van der Waals surface area contributed by atoms with Gasteiger partial charge in [-0.1, -0.05) is 19.4 Å². The van der Waals surface area contributed by atoms with Gasteiger partial charge in [-0.15, -0.1) is 0 Å². The van der Waals surface area contributed by atoms with Gasteiger partial charge in [0, 0.05) is 11.3 Å². The van der Waals surface area contributed by atoms with Crippen LogP contribution >= 0.6 is 0 Å². The molecule has 1 rings (SSSR count). The third-order valence-electron chi connectivity index (χ3n) is 1.82. The minimum Gasteiger partial charge on any atom is -0.398 e. The van der Waals surface area contributed by atoms with Crippen molar-refractivity contribution in [3.05, 3.63) is 29.3 Å². The summed E-state index contributed by atoms with van der Waals surface area (Å²) in [7, 11) is 0. The molecule has 0 saturated carbocycles. The number of hydrogen-bond donors (Lipinski definition) is 1. The average molecular weight is 163 g/mol. The number of nitrogen functional groups attached to an aromatic ring is 1. The minimum atomic E-state index is 0.560. The first-order chi connectivity index (χ1) is 5.77. The summed E-state index contributed by atoms with van der Waals surface area (Å²) in [5.74, 6) is 0. The lowest BCUT2D eigenvalue weighted by Crippen LogP contribution is -1.94. The molecule has 12 heavy (non-hydrogen) atoms. The summed E-state index contributed by atoms with van der Waals surface area (Å²) in [5.41, 5.74) is 7.90. The predicted octanol–water partition coefficient (Wildman–Crippen LogP) is 2.03. The fourth-order valence-corrected chi connectivity index (χ4v) is 1.17. The van der Waals surface area contributed by atoms with Crippen molar-refractivity contribution in [1.29, 1.82) is 0 Å². The third kappa shape index (κ3) is 1.84. The van der Waals surface area contributed by atoms with E-state index in [-0.39, 0.29) is 0 Å². The number of carbonyl (C=O) groups is 1. The summed E-state index contributed by atoms with van der Waals surface area (Å²) in [6.07, 6.45) is 2.89. The highest BCUT2D eigenvalue weighted by Crippen LogP contribution is 2.12. The van der Waals surface area contributed by atoms with E-state index in [4.69, 9.17) is 5.73 Å². The lowest BCUT2D eigenvalue weighted by Gasteiger charge is -2.01. The van der Waals surface area contributed by atoms with Crippen molar-refractivity contribution in [3.8, 4) is 0 Å². The van der Waals surface area contributed by atoms with E-state index in [1.807, 2.05) is 12.1 Å². The van der Waals surface area contributed by atoms with Crippen LogP contribution in [0.15, 0.2) is 18.2 Å². The van der Waals surface area contributed by atoms with Crippen molar-refractivity contribution < 1.29 is 4.79 Å². The average Bonchev–Trinajstić information content (AvgIpc) is 2.09. The van der Waals surface area contributed by atoms with Crippen molar-refractivity contribution in [3.63, 3.8) is 0 Å². The van der Waals surface area contributed by atoms with Crippen LogP contribution in [0.25, 0.3) is 0 Å². The van der Waals surface area contributed by atoms with Gasteiger partial charge >= 0.3 is 0 Å². The van der Waals surface area contributed by atoms with Gasteiger partial charge in [-0.2, -0.15) is 0 Å². The summed E-state index contributed by atoms with van der Waals surface area (Å²) in [6, 6.07) is 5.60. The molecule has 2 heteroatoms. The zero-order valence-corrected chi connectivity index (χ0v) is 7.21. The molecule has 0 amide bonds. The minimum absolute atomic E-state index is 0.560. The maximum Gasteiger partial charge on any atom is 0.152 e. The van der Waals surface area contributed by atoms with Crippen LogP contribution in [-0.4, -0.2) is 6.29 Å². The van der Waals surface area contributed by atoms with E-state index < -0.39 is 0 Å². The molecular weight excluding hydrogens is 150 g/mol. The van der Waals surface area contributed by atoms with Crippen molar-refractivity contribution >= 4 is 12.0 Å². The van der Waals surface area contributed by atoms with E-state index in [2.05, 4.69) is 6.92 Å². The Morgan fingerprint density at radius 1 is 1.50 bits per heavy atom. The van der Waals surface area contributed by atoms with E-state index in [1.54, 1.807) is 6.07 Å². The second-order valence-corrected chi connectivity index (χ2v) is 2.83. The second kappa shape index (κ2) is 3.90. The molecule has 0 aliphatic heterocycles. The molecule has 0 aliphatic rings. The number of carbonyl (C=O) groups excluding carboxylic acids is 1. The lowest BCUT2D eigenvalue weighted by atomic mass is 10.1. The number of nitrogens with two attached hydrogens (primary N) is 1. The zero-order chi connectivity index (χ0) is 8.97. The Balaban J connectivity index is 2.96. The van der Waals surface area contributed by atoms with Crippen LogP contribution in [0, 0.1) is 0 Å². The van der Waals surface area contributed by atoms with Gasteiger partial charge in [-0.05, 0) is 24.1 Å². The van der Waals surface area contributed by atoms with Crippen LogP contribution in [0.3, 0.4) is 0 Å². The molecule has 0 heterocycles. The predicted molar refractivity (Wildman–Crippen MR) is 50.2 cm³/mol. The van der Waals surface area contributed by atoms with Gasteiger partial charge in [0.2, 0.25) is 0 Å². The highest BCUT2D eigenvalue weighted by Gasteiger charge is 1.98. The molecule has 0 aromatic heterocycles. The van der Waals surface area contributed by atoms with Crippen LogP contribution in [0.5, 0.6) is 0 Å². The highest BCUT2D eigenvalue weighted by molar-refractivity contribution is 5.83. The molecule has 0 aliphatic carbocycles. The molecular formula is C10H13NO. The van der Waals surface area contributed by atoms with Crippen LogP contribution in [0.1, 0.15) is 29.3 Å². The molecule has 2 N–H and O–H groups in total. The van der Waals surface area contributed by atoms with Gasteiger partial charge in [0.05, 0.1) is 0 Å². The molecule has 2 nitrogen and oxygen atoms in total. The first kappa shape index (κ1) is 8.78. The van der Waals surface area contributed by atoms with Crippen molar-refractivity contribution in [1.82, 2.24) is 0 Å². The monoisotopic (exact) mass is 163 g/mol. The van der Waals surface area contributed by atoms with Crippen LogP contribution in [-0.2, 0) is 6.42 Å². The van der Waals surface area contributed by atoms with Crippen LogP contribution < -0.4 is 5.73 Å². The number of benzene rings is 1. The van der Waals surface area contributed by atoms with E-state index >= 15 is 0 Å². The summed E-state index contributed by atoms with van der Waals surface area (Å²) in [5, 5.41) is 0. The fourth-order valence-electron chi connectivity index (χ4n) is 1.17. The van der Waals surface area contributed by atoms with E-state index in [1.165, 1.54) is 5.56 Å². The van der Waals surface area contributed by atoms with Crippen molar-refractivity contribution in [2.24, 2.45) is 0 Å².